The molecule has 22 heavy (non-hydrogen) atoms. The Bertz CT molecular complexity index is 470. The molecule has 0 fully saturated rings. The molecule has 2 nitrogen and oxygen atoms in total. The quantitative estimate of drug-likeness (QED) is 0.767. The average molecular weight is 350 g/mol. The van der Waals surface area contributed by atoms with Crippen LogP contribution in [0.25, 0.3) is 10.2 Å². The summed E-state index contributed by atoms with van der Waals surface area (Å²) in [5.41, 5.74) is 1.26. The van der Waals surface area contributed by atoms with Crippen LogP contribution in [-0.2, 0) is 0 Å². The van der Waals surface area contributed by atoms with Crippen molar-refractivity contribution in [1.29, 1.82) is 0 Å². The summed E-state index contributed by atoms with van der Waals surface area (Å²) in [6.07, 6.45) is 0. The van der Waals surface area contributed by atoms with Gasteiger partial charge in [0.15, 0.2) is 0 Å². The van der Waals surface area contributed by atoms with Gasteiger partial charge < -0.3 is 9.38 Å². The Kier molecular flexibility index (Phi) is 11.1. The van der Waals surface area contributed by atoms with Gasteiger partial charge in [-0.1, -0.05) is 62.3 Å². The molecule has 120 valence electrons. The second kappa shape index (κ2) is 10.1. The van der Waals surface area contributed by atoms with Gasteiger partial charge in [-0.3, -0.25) is 0 Å². The topological polar surface area (TPSA) is 23.3 Å². The number of hydrogen-bond donors (Lipinski definition) is 0. The number of ether oxygens (including phenoxy) is 1. The molecule has 0 aromatic heterocycles. The van der Waals surface area contributed by atoms with E-state index in [4.69, 9.17) is 9.38 Å². The average Bonchev–Trinajstić information content (AvgIpc) is 2.23. The number of halogens is 1. The van der Waals surface area contributed by atoms with Gasteiger partial charge in [0.1, 0.15) is 11.6 Å². The second-order valence-corrected chi connectivity index (χ2v) is 16.7. The van der Waals surface area contributed by atoms with Crippen molar-refractivity contribution >= 4 is 22.0 Å². The third-order valence-corrected chi connectivity index (χ3v) is 7.67. The van der Waals surface area contributed by atoms with E-state index >= 15 is 0 Å². The first-order valence-electron chi connectivity index (χ1n) is 7.09. The van der Waals surface area contributed by atoms with Crippen LogP contribution in [0.15, 0.2) is 24.8 Å². The Morgan fingerprint density at radius 3 is 1.77 bits per heavy atom. The van der Waals surface area contributed by atoms with Crippen LogP contribution in [0, 0.1) is 5.82 Å². The largest absolute Gasteiger partial charge is 1.00 e. The fraction of sp³-hybridized carbons (Fsp3) is 0.500. The summed E-state index contributed by atoms with van der Waals surface area (Å²) in [5, 5.41) is 0. The molecule has 0 atom stereocenters. The van der Waals surface area contributed by atoms with Gasteiger partial charge in [0.25, 0.3) is 0 Å². The van der Waals surface area contributed by atoms with Crippen LogP contribution in [0.1, 0.15) is 12.5 Å². The van der Waals surface area contributed by atoms with Crippen LogP contribution in [0.2, 0.25) is 39.3 Å². The van der Waals surface area contributed by atoms with E-state index in [1.807, 2.05) is 0 Å². The van der Waals surface area contributed by atoms with Crippen molar-refractivity contribution in [2.75, 3.05) is 7.11 Å². The minimum absolute atomic E-state index is 0. The van der Waals surface area contributed by atoms with Crippen molar-refractivity contribution in [3.63, 3.8) is 0 Å². The van der Waals surface area contributed by atoms with E-state index in [9.17, 15) is 4.39 Å². The van der Waals surface area contributed by atoms with Crippen LogP contribution in [0.4, 0.5) is 4.39 Å². The maximum absolute atomic E-state index is 13.1. The predicted octanol–water partition coefficient (Wildman–Crippen LogP) is 2.90. The Morgan fingerprint density at radius 2 is 1.55 bits per heavy atom. The van der Waals surface area contributed by atoms with E-state index in [2.05, 4.69) is 45.9 Å². The normalized spacial score (nSPS) is 11.0. The van der Waals surface area contributed by atoms with Gasteiger partial charge in [0, 0.05) is 11.6 Å². The Morgan fingerprint density at radius 1 is 1.09 bits per heavy atom. The first kappa shape index (κ1) is 24.3. The van der Waals surface area contributed by atoms with Crippen molar-refractivity contribution < 1.29 is 38.7 Å². The summed E-state index contributed by atoms with van der Waals surface area (Å²) in [4.78, 5) is 0. The summed E-state index contributed by atoms with van der Waals surface area (Å²) in [5.74, 6) is 0.236. The SMILES string of the molecule is C=C(C)c1ccc(OC)cc1F.C[Si](C)(C)[N-][Si](C)(C)C.[Na+]. The Labute approximate surface area is 160 Å². The molecule has 0 radical (unpaired) electrons. The smallest absolute Gasteiger partial charge is 0.668 e. The number of allylic oxidation sites excluding steroid dienone is 1. The summed E-state index contributed by atoms with van der Waals surface area (Å²) in [6, 6.07) is 4.73. The summed E-state index contributed by atoms with van der Waals surface area (Å²) < 4.78 is 22.8. The van der Waals surface area contributed by atoms with Crippen LogP contribution in [0.5, 0.6) is 5.75 Å². The van der Waals surface area contributed by atoms with Gasteiger partial charge in [-0.05, 0) is 24.6 Å². The summed E-state index contributed by atoms with van der Waals surface area (Å²) in [6.45, 7) is 19.2. The molecule has 6 heteroatoms. The monoisotopic (exact) mass is 349 g/mol. The van der Waals surface area contributed by atoms with E-state index in [1.54, 1.807) is 19.1 Å². The van der Waals surface area contributed by atoms with Gasteiger partial charge >= 0.3 is 29.6 Å². The first-order valence-corrected chi connectivity index (χ1v) is 14.0. The summed E-state index contributed by atoms with van der Waals surface area (Å²) >= 11 is 0. The molecule has 0 unspecified atom stereocenters. The molecule has 0 spiro atoms. The van der Waals surface area contributed by atoms with Crippen LogP contribution in [0.3, 0.4) is 0 Å². The zero-order valence-corrected chi connectivity index (χ0v) is 19.7. The molecular formula is C16H29FNNaOSi2. The summed E-state index contributed by atoms with van der Waals surface area (Å²) in [7, 11) is -0.703. The molecule has 0 aliphatic carbocycles. The van der Waals surface area contributed by atoms with Gasteiger partial charge in [-0.25, -0.2) is 4.39 Å². The van der Waals surface area contributed by atoms with Gasteiger partial charge in [-0.15, -0.1) is 0 Å². The maximum Gasteiger partial charge on any atom is 1.00 e. The molecule has 1 aromatic carbocycles. The molecule has 0 N–H and O–H groups in total. The minimum Gasteiger partial charge on any atom is -0.668 e. The number of benzene rings is 1. The molecule has 0 bridgehead atoms. The van der Waals surface area contributed by atoms with E-state index < -0.39 is 16.5 Å². The van der Waals surface area contributed by atoms with Crippen LogP contribution in [-0.4, -0.2) is 23.6 Å². The molecule has 0 heterocycles. The maximum atomic E-state index is 13.1. The molecule has 1 aromatic rings. The zero-order valence-electron chi connectivity index (χ0n) is 15.7. The van der Waals surface area contributed by atoms with E-state index in [0.717, 1.165) is 5.57 Å². The minimum atomic E-state index is -1.11. The van der Waals surface area contributed by atoms with Crippen molar-refractivity contribution in [3.05, 3.63) is 40.8 Å². The number of hydrogen-bond acceptors (Lipinski definition) is 1. The van der Waals surface area contributed by atoms with Crippen LogP contribution < -0.4 is 34.3 Å². The van der Waals surface area contributed by atoms with Gasteiger partial charge in [0.2, 0.25) is 0 Å². The second-order valence-electron chi connectivity index (χ2n) is 7.08. The molecule has 0 saturated carbocycles. The Hall–Kier alpha value is 0.0838. The molecule has 0 amide bonds. The third-order valence-electron chi connectivity index (χ3n) is 2.31. The standard InChI is InChI=1S/C10H11FO.C6H18NSi2.Na/c1-7(2)9-5-4-8(12-3)6-10(9)11;1-8(2,3)7-9(4,5)6;/h4-6H,1H2,2-3H3;1-6H3;/q;-1;+1. The molecule has 0 saturated heterocycles. The zero-order chi connectivity index (χ0) is 16.8. The predicted molar refractivity (Wildman–Crippen MR) is 97.7 cm³/mol. The van der Waals surface area contributed by atoms with Crippen molar-refractivity contribution in [1.82, 2.24) is 0 Å². The number of rotatable bonds is 4. The van der Waals surface area contributed by atoms with E-state index in [-0.39, 0.29) is 35.4 Å². The van der Waals surface area contributed by atoms with Crippen molar-refractivity contribution in [3.8, 4) is 5.75 Å². The van der Waals surface area contributed by atoms with Crippen molar-refractivity contribution in [2.24, 2.45) is 0 Å². The molecule has 0 aliphatic heterocycles. The molecule has 0 aliphatic rings. The first-order chi connectivity index (χ1) is 9.35. The van der Waals surface area contributed by atoms with E-state index in [1.165, 1.54) is 13.2 Å². The van der Waals surface area contributed by atoms with Crippen LogP contribution >= 0.6 is 0 Å². The third kappa shape index (κ3) is 11.6. The van der Waals surface area contributed by atoms with Gasteiger partial charge in [-0.2, -0.15) is 0 Å². The fourth-order valence-electron chi connectivity index (χ4n) is 1.98. The molecular weight excluding hydrogens is 320 g/mol. The van der Waals surface area contributed by atoms with Crippen molar-refractivity contribution in [2.45, 2.75) is 46.2 Å². The number of methoxy groups -OCH3 is 1. The number of nitrogens with zero attached hydrogens (tertiary/aromatic N) is 1. The Balaban J connectivity index is 0. The van der Waals surface area contributed by atoms with Gasteiger partial charge in [0.05, 0.1) is 7.11 Å². The fourth-order valence-corrected chi connectivity index (χ4v) is 10.0. The molecule has 1 rings (SSSR count). The van der Waals surface area contributed by atoms with E-state index in [0.29, 0.717) is 11.3 Å².